The van der Waals surface area contributed by atoms with Gasteiger partial charge in [-0.3, -0.25) is 4.79 Å². The van der Waals surface area contributed by atoms with E-state index in [1.54, 1.807) is 0 Å². The van der Waals surface area contributed by atoms with Gasteiger partial charge in [0.25, 0.3) is 5.91 Å². The molecule has 0 aliphatic carbocycles. The average molecular weight is 259 g/mol. The minimum absolute atomic E-state index is 0. The third kappa shape index (κ3) is 5.56. The summed E-state index contributed by atoms with van der Waals surface area (Å²) in [6.07, 6.45) is 0. The van der Waals surface area contributed by atoms with Crippen molar-refractivity contribution in [2.24, 2.45) is 5.73 Å². The van der Waals surface area contributed by atoms with Crippen molar-refractivity contribution in [3.05, 3.63) is 29.3 Å². The molecule has 0 bridgehead atoms. The lowest BCUT2D eigenvalue weighted by Crippen LogP contribution is -2.32. The minimum atomic E-state index is -0.148. The molecule has 5 heteroatoms. The molecule has 1 aromatic carbocycles. The van der Waals surface area contributed by atoms with E-state index >= 15 is 0 Å². The molecule has 1 rings (SSSR count). The van der Waals surface area contributed by atoms with E-state index in [4.69, 9.17) is 10.5 Å². The second kappa shape index (κ2) is 7.92. The number of aryl methyl sites for hydroxylation is 2. The van der Waals surface area contributed by atoms with Gasteiger partial charge in [0.2, 0.25) is 0 Å². The van der Waals surface area contributed by atoms with Crippen LogP contribution in [0.4, 0.5) is 0 Å². The molecule has 0 aromatic heterocycles. The van der Waals surface area contributed by atoms with Gasteiger partial charge in [-0.15, -0.1) is 12.4 Å². The van der Waals surface area contributed by atoms with Gasteiger partial charge in [0.15, 0.2) is 6.61 Å². The highest BCUT2D eigenvalue weighted by molar-refractivity contribution is 5.85. The van der Waals surface area contributed by atoms with Crippen LogP contribution in [0.5, 0.6) is 5.75 Å². The summed E-state index contributed by atoms with van der Waals surface area (Å²) in [5, 5.41) is 2.64. The highest BCUT2D eigenvalue weighted by Gasteiger charge is 2.03. The summed E-state index contributed by atoms with van der Waals surface area (Å²) in [6.45, 7) is 4.93. The lowest BCUT2D eigenvalue weighted by atomic mass is 10.1. The maximum atomic E-state index is 11.3. The minimum Gasteiger partial charge on any atom is -0.484 e. The fourth-order valence-corrected chi connectivity index (χ4v) is 1.37. The molecule has 17 heavy (non-hydrogen) atoms. The number of nitrogens with one attached hydrogen (secondary N) is 1. The van der Waals surface area contributed by atoms with Crippen LogP contribution in [0, 0.1) is 13.8 Å². The predicted molar refractivity (Wildman–Crippen MR) is 70.7 cm³/mol. The summed E-state index contributed by atoms with van der Waals surface area (Å²) in [7, 11) is 0. The summed E-state index contributed by atoms with van der Waals surface area (Å²) < 4.78 is 5.40. The molecule has 0 saturated carbocycles. The Kier molecular flexibility index (Phi) is 7.34. The summed E-state index contributed by atoms with van der Waals surface area (Å²) >= 11 is 0. The summed E-state index contributed by atoms with van der Waals surface area (Å²) in [6, 6.07) is 5.86. The summed E-state index contributed by atoms with van der Waals surface area (Å²) in [4.78, 5) is 11.3. The number of rotatable bonds is 5. The van der Waals surface area contributed by atoms with Crippen molar-refractivity contribution in [1.29, 1.82) is 0 Å². The Morgan fingerprint density at radius 1 is 1.41 bits per heavy atom. The molecule has 3 N–H and O–H groups in total. The van der Waals surface area contributed by atoms with Crippen LogP contribution in [0.3, 0.4) is 0 Å². The first kappa shape index (κ1) is 15.7. The van der Waals surface area contributed by atoms with Crippen LogP contribution >= 0.6 is 12.4 Å². The number of hydrogen-bond donors (Lipinski definition) is 2. The number of halogens is 1. The number of nitrogens with two attached hydrogens (primary N) is 1. The van der Waals surface area contributed by atoms with Gasteiger partial charge in [0.05, 0.1) is 0 Å². The third-order valence-electron chi connectivity index (χ3n) is 2.16. The standard InChI is InChI=1S/C12H18N2O2.ClH/c1-9-3-4-11(10(2)7-9)16-8-12(15)14-6-5-13;/h3-4,7H,5-6,8,13H2,1-2H3,(H,14,15);1H. The van der Waals surface area contributed by atoms with E-state index in [0.29, 0.717) is 13.1 Å². The predicted octanol–water partition coefficient (Wildman–Crippen LogP) is 1.18. The zero-order valence-electron chi connectivity index (χ0n) is 10.2. The number of hydrogen-bond acceptors (Lipinski definition) is 3. The fraction of sp³-hybridized carbons (Fsp3) is 0.417. The van der Waals surface area contributed by atoms with Gasteiger partial charge in [-0.2, -0.15) is 0 Å². The summed E-state index contributed by atoms with van der Waals surface area (Å²) in [5.41, 5.74) is 7.48. The molecular formula is C12H19ClN2O2. The Morgan fingerprint density at radius 2 is 2.12 bits per heavy atom. The smallest absolute Gasteiger partial charge is 0.257 e. The van der Waals surface area contributed by atoms with E-state index in [-0.39, 0.29) is 24.9 Å². The van der Waals surface area contributed by atoms with E-state index in [1.807, 2.05) is 32.0 Å². The highest BCUT2D eigenvalue weighted by atomic mass is 35.5. The van der Waals surface area contributed by atoms with Crippen molar-refractivity contribution in [1.82, 2.24) is 5.32 Å². The number of amides is 1. The van der Waals surface area contributed by atoms with Gasteiger partial charge in [-0.1, -0.05) is 17.7 Å². The van der Waals surface area contributed by atoms with Gasteiger partial charge in [0, 0.05) is 13.1 Å². The molecule has 0 saturated heterocycles. The largest absolute Gasteiger partial charge is 0.484 e. The van der Waals surface area contributed by atoms with Crippen LogP contribution in [0.25, 0.3) is 0 Å². The van der Waals surface area contributed by atoms with Crippen molar-refractivity contribution >= 4 is 18.3 Å². The summed E-state index contributed by atoms with van der Waals surface area (Å²) in [5.74, 6) is 0.596. The second-order valence-electron chi connectivity index (χ2n) is 3.70. The molecule has 0 heterocycles. The Hall–Kier alpha value is -1.26. The van der Waals surface area contributed by atoms with Crippen LogP contribution in [0.2, 0.25) is 0 Å². The molecule has 0 unspecified atom stereocenters. The quantitative estimate of drug-likeness (QED) is 0.834. The molecule has 0 aliphatic rings. The van der Waals surface area contributed by atoms with Gasteiger partial charge >= 0.3 is 0 Å². The molecule has 0 atom stereocenters. The number of carbonyl (C=O) groups excluding carboxylic acids is 1. The van der Waals surface area contributed by atoms with Crippen LogP contribution in [0.1, 0.15) is 11.1 Å². The second-order valence-corrected chi connectivity index (χ2v) is 3.70. The monoisotopic (exact) mass is 258 g/mol. The maximum absolute atomic E-state index is 11.3. The molecule has 1 amide bonds. The zero-order chi connectivity index (χ0) is 12.0. The van der Waals surface area contributed by atoms with E-state index in [0.717, 1.165) is 11.3 Å². The number of carbonyl (C=O) groups is 1. The fourth-order valence-electron chi connectivity index (χ4n) is 1.37. The normalized spacial score (nSPS) is 9.35. The lowest BCUT2D eigenvalue weighted by molar-refractivity contribution is -0.123. The first-order chi connectivity index (χ1) is 7.63. The SMILES string of the molecule is Cc1ccc(OCC(=O)NCCN)c(C)c1.Cl. The van der Waals surface area contributed by atoms with Gasteiger partial charge < -0.3 is 15.8 Å². The van der Waals surface area contributed by atoms with Crippen LogP contribution in [-0.2, 0) is 4.79 Å². The van der Waals surface area contributed by atoms with Gasteiger partial charge in [-0.05, 0) is 25.5 Å². The van der Waals surface area contributed by atoms with E-state index in [9.17, 15) is 4.79 Å². The molecule has 4 nitrogen and oxygen atoms in total. The number of benzene rings is 1. The molecular weight excluding hydrogens is 240 g/mol. The Bertz CT molecular complexity index is 370. The molecule has 0 aliphatic heterocycles. The number of ether oxygens (including phenoxy) is 1. The third-order valence-corrected chi connectivity index (χ3v) is 2.16. The van der Waals surface area contributed by atoms with Crippen molar-refractivity contribution < 1.29 is 9.53 Å². The lowest BCUT2D eigenvalue weighted by Gasteiger charge is -2.09. The first-order valence-electron chi connectivity index (χ1n) is 5.30. The molecule has 1 aromatic rings. The highest BCUT2D eigenvalue weighted by Crippen LogP contribution is 2.18. The van der Waals surface area contributed by atoms with E-state index in [2.05, 4.69) is 5.32 Å². The van der Waals surface area contributed by atoms with Crippen molar-refractivity contribution in [2.45, 2.75) is 13.8 Å². The Morgan fingerprint density at radius 3 is 2.71 bits per heavy atom. The van der Waals surface area contributed by atoms with Gasteiger partial charge in [-0.25, -0.2) is 0 Å². The van der Waals surface area contributed by atoms with Crippen molar-refractivity contribution in [2.75, 3.05) is 19.7 Å². The first-order valence-corrected chi connectivity index (χ1v) is 5.30. The molecule has 96 valence electrons. The molecule has 0 spiro atoms. The zero-order valence-corrected chi connectivity index (χ0v) is 11.0. The Balaban J connectivity index is 0.00000256. The average Bonchev–Trinajstić information content (AvgIpc) is 2.25. The maximum Gasteiger partial charge on any atom is 0.257 e. The van der Waals surface area contributed by atoms with Crippen LogP contribution in [0.15, 0.2) is 18.2 Å². The molecule has 0 radical (unpaired) electrons. The van der Waals surface area contributed by atoms with Crippen molar-refractivity contribution in [3.8, 4) is 5.75 Å². The van der Waals surface area contributed by atoms with E-state index < -0.39 is 0 Å². The topological polar surface area (TPSA) is 64.3 Å². The van der Waals surface area contributed by atoms with Crippen LogP contribution < -0.4 is 15.8 Å². The van der Waals surface area contributed by atoms with Crippen LogP contribution in [-0.4, -0.2) is 25.6 Å². The van der Waals surface area contributed by atoms with Gasteiger partial charge in [0.1, 0.15) is 5.75 Å². The Labute approximate surface area is 108 Å². The van der Waals surface area contributed by atoms with E-state index in [1.165, 1.54) is 5.56 Å². The van der Waals surface area contributed by atoms with Crippen molar-refractivity contribution in [3.63, 3.8) is 0 Å². The molecule has 0 fully saturated rings.